The Balaban J connectivity index is 1.59. The van der Waals surface area contributed by atoms with Gasteiger partial charge in [-0.2, -0.15) is 0 Å². The average molecular weight is 844 g/mol. The van der Waals surface area contributed by atoms with E-state index in [0.717, 1.165) is 30.4 Å². The lowest BCUT2D eigenvalue weighted by atomic mass is 9.83. The lowest BCUT2D eigenvalue weighted by Crippen LogP contribution is -2.61. The van der Waals surface area contributed by atoms with Gasteiger partial charge in [-0.15, -0.1) is 0 Å². The summed E-state index contributed by atoms with van der Waals surface area (Å²) in [6, 6.07) is 13.5. The van der Waals surface area contributed by atoms with Crippen LogP contribution in [0.15, 0.2) is 73.2 Å². The molecule has 1 aliphatic carbocycles. The first-order valence-electron chi connectivity index (χ1n) is 21.3. The predicted octanol–water partition coefficient (Wildman–Crippen LogP) is 4.47. The van der Waals surface area contributed by atoms with Crippen molar-refractivity contribution in [3.63, 3.8) is 0 Å². The molecule has 5 amide bonds. The van der Waals surface area contributed by atoms with Gasteiger partial charge in [0.2, 0.25) is 23.6 Å². The van der Waals surface area contributed by atoms with Crippen molar-refractivity contribution in [1.29, 1.82) is 0 Å². The number of amides is 5. The minimum atomic E-state index is -1.12. The van der Waals surface area contributed by atoms with Crippen molar-refractivity contribution in [1.82, 2.24) is 36.1 Å². The van der Waals surface area contributed by atoms with Crippen molar-refractivity contribution in [3.8, 4) is 0 Å². The first-order valence-corrected chi connectivity index (χ1v) is 21.3. The first kappa shape index (κ1) is 47.9. The number of carbonyl (C=O) groups excluding carboxylic acids is 6. The molecule has 1 aromatic heterocycles. The van der Waals surface area contributed by atoms with E-state index >= 15 is 0 Å². The quantitative estimate of drug-likeness (QED) is 0.102. The number of aryl methyl sites for hydroxylation is 2. The molecule has 0 unspecified atom stereocenters. The van der Waals surface area contributed by atoms with Crippen LogP contribution in [0.1, 0.15) is 96.4 Å². The van der Waals surface area contributed by atoms with Gasteiger partial charge in [0.1, 0.15) is 35.8 Å². The number of benzene rings is 2. The summed E-state index contributed by atoms with van der Waals surface area (Å²) in [5.74, 6) is -3.19. The number of nitrogens with zero attached hydrogens (tertiary/aromatic N) is 2. The summed E-state index contributed by atoms with van der Waals surface area (Å²) in [5.41, 5.74) is 1.61. The van der Waals surface area contributed by atoms with Gasteiger partial charge in [-0.05, 0) is 75.8 Å². The number of esters is 1. The van der Waals surface area contributed by atoms with Crippen LogP contribution < -0.4 is 26.6 Å². The Kier molecular flexibility index (Phi) is 18.3. The van der Waals surface area contributed by atoms with Gasteiger partial charge in [0.15, 0.2) is 0 Å². The second kappa shape index (κ2) is 23.3. The van der Waals surface area contributed by atoms with Crippen LogP contribution in [0, 0.1) is 11.8 Å². The van der Waals surface area contributed by atoms with Gasteiger partial charge in [0.25, 0.3) is 0 Å². The second-order valence-corrected chi connectivity index (χ2v) is 17.3. The molecule has 332 valence electrons. The molecule has 1 heterocycles. The van der Waals surface area contributed by atoms with E-state index in [-0.39, 0.29) is 37.5 Å². The van der Waals surface area contributed by atoms with Gasteiger partial charge in [-0.3, -0.25) is 19.2 Å². The third-order valence-electron chi connectivity index (χ3n) is 10.7. The number of hydrogen-bond donors (Lipinski definition) is 5. The Morgan fingerprint density at radius 2 is 1.30 bits per heavy atom. The van der Waals surface area contributed by atoms with Crippen LogP contribution in [0.4, 0.5) is 4.79 Å². The summed E-state index contributed by atoms with van der Waals surface area (Å²) in [6.07, 6.45) is 7.59. The van der Waals surface area contributed by atoms with Gasteiger partial charge < -0.3 is 40.6 Å². The topological polar surface area (TPSA) is 199 Å². The summed E-state index contributed by atoms with van der Waals surface area (Å²) >= 11 is 0. The second-order valence-electron chi connectivity index (χ2n) is 17.3. The van der Waals surface area contributed by atoms with Crippen LogP contribution in [0.5, 0.6) is 0 Å². The van der Waals surface area contributed by atoms with E-state index in [0.29, 0.717) is 25.0 Å². The van der Waals surface area contributed by atoms with E-state index in [9.17, 15) is 28.8 Å². The number of rotatable bonds is 20. The fourth-order valence-electron chi connectivity index (χ4n) is 7.49. The smallest absolute Gasteiger partial charge is 0.408 e. The molecule has 3 aromatic rings. The molecule has 0 aliphatic heterocycles. The van der Waals surface area contributed by atoms with E-state index in [1.807, 2.05) is 74.5 Å². The highest BCUT2D eigenvalue weighted by Crippen LogP contribution is 2.27. The Hall–Kier alpha value is -5.73. The van der Waals surface area contributed by atoms with Crippen LogP contribution >= 0.6 is 0 Å². The van der Waals surface area contributed by atoms with Gasteiger partial charge in [-0.25, -0.2) is 14.6 Å². The van der Waals surface area contributed by atoms with Crippen molar-refractivity contribution in [2.24, 2.45) is 18.9 Å². The summed E-state index contributed by atoms with van der Waals surface area (Å²) < 4.78 is 12.2. The molecule has 15 nitrogen and oxygen atoms in total. The fraction of sp³-hybridized carbons (Fsp3) is 0.543. The third-order valence-corrected chi connectivity index (χ3v) is 10.7. The molecule has 1 aliphatic rings. The number of alkyl carbamates (subject to hydrolysis) is 1. The van der Waals surface area contributed by atoms with E-state index in [1.54, 1.807) is 44.9 Å². The Morgan fingerprint density at radius 3 is 1.87 bits per heavy atom. The summed E-state index contributed by atoms with van der Waals surface area (Å²) in [6.45, 7) is 8.98. The van der Waals surface area contributed by atoms with Crippen LogP contribution in [-0.4, -0.2) is 88.2 Å². The van der Waals surface area contributed by atoms with Crippen molar-refractivity contribution in [3.05, 3.63) is 90.0 Å². The maximum Gasteiger partial charge on any atom is 0.408 e. The van der Waals surface area contributed by atoms with Crippen LogP contribution in [0.25, 0.3) is 0 Å². The van der Waals surface area contributed by atoms with Crippen molar-refractivity contribution >= 4 is 35.7 Å². The largest absolute Gasteiger partial charge is 0.467 e. The first-order chi connectivity index (χ1) is 29.0. The van der Waals surface area contributed by atoms with E-state index < -0.39 is 71.5 Å². The van der Waals surface area contributed by atoms with Gasteiger partial charge >= 0.3 is 12.1 Å². The molecular weight excluding hydrogens is 779 g/mol. The fourth-order valence-corrected chi connectivity index (χ4v) is 7.49. The molecule has 61 heavy (non-hydrogen) atoms. The molecule has 5 N–H and O–H groups in total. The highest BCUT2D eigenvalue weighted by Gasteiger charge is 2.37. The van der Waals surface area contributed by atoms with Gasteiger partial charge in [0, 0.05) is 31.8 Å². The number of hydrogen-bond acceptors (Lipinski definition) is 9. The summed E-state index contributed by atoms with van der Waals surface area (Å²) in [5, 5.41) is 14.3. The molecule has 0 spiro atoms. The lowest BCUT2D eigenvalue weighted by molar-refractivity contribution is -0.145. The molecule has 1 saturated carbocycles. The van der Waals surface area contributed by atoms with Gasteiger partial charge in [0.05, 0.1) is 13.4 Å². The minimum Gasteiger partial charge on any atom is -0.467 e. The maximum atomic E-state index is 14.5. The highest BCUT2D eigenvalue weighted by molar-refractivity contribution is 5.96. The summed E-state index contributed by atoms with van der Waals surface area (Å²) in [7, 11) is 3.03. The molecule has 2 aromatic carbocycles. The van der Waals surface area contributed by atoms with Crippen molar-refractivity contribution in [2.75, 3.05) is 7.11 Å². The molecule has 15 heteroatoms. The standard InChI is InChI=1S/C46H65N7O8/c1-30(2)25-36(49-41(55)37(27-34-28-47-29-53(34)6)51-45(59)61-46(3,4)5)42(56)52-39(33-21-15-10-16-22-33)43(57)48-35(24-23-31-17-11-8-12-18-31)40(54)50-38(44(58)60-7)26-32-19-13-9-14-20-32/h8-9,11-14,17-20,28-30,33,35-39H,10,15-16,21-27H2,1-7H3,(H,48,57)(H,49,55)(H,50,54)(H,51,59)(H,52,56)/t35-,36-,37-,38-,39-/m0/s1. The molecule has 1 fully saturated rings. The normalized spacial score (nSPS) is 15.6. The van der Waals surface area contributed by atoms with Crippen molar-refractivity contribution in [2.45, 2.75) is 135 Å². The SMILES string of the molecule is COC(=O)[C@H](Cc1ccccc1)NC(=O)[C@H](CCc1ccccc1)NC(=O)[C@@H](NC(=O)[C@H](CC(C)C)NC(=O)[C@H](Cc1cncn1C)NC(=O)OC(C)(C)C)C1CCCCC1. The molecule has 4 rings (SSSR count). The van der Waals surface area contributed by atoms with Gasteiger partial charge in [-0.1, -0.05) is 93.8 Å². The Bertz CT molecular complexity index is 1890. The number of ether oxygens (including phenoxy) is 2. The van der Waals surface area contributed by atoms with Crippen LogP contribution in [0.3, 0.4) is 0 Å². The molecular formula is C46H65N7O8. The zero-order valence-electron chi connectivity index (χ0n) is 36.7. The average Bonchev–Trinajstić information content (AvgIpc) is 3.63. The molecule has 0 bridgehead atoms. The third kappa shape index (κ3) is 16.0. The monoisotopic (exact) mass is 843 g/mol. The lowest BCUT2D eigenvalue weighted by Gasteiger charge is -2.33. The number of nitrogens with one attached hydrogen (secondary N) is 5. The van der Waals surface area contributed by atoms with E-state index in [4.69, 9.17) is 9.47 Å². The van der Waals surface area contributed by atoms with Crippen LogP contribution in [0.2, 0.25) is 0 Å². The number of aromatic nitrogens is 2. The number of methoxy groups -OCH3 is 1. The minimum absolute atomic E-state index is 0.0444. The molecule has 0 saturated heterocycles. The summed E-state index contributed by atoms with van der Waals surface area (Å²) in [4.78, 5) is 87.1. The van der Waals surface area contributed by atoms with Crippen LogP contribution in [-0.2, 0) is 59.8 Å². The van der Waals surface area contributed by atoms with E-state index in [1.165, 1.54) is 7.11 Å². The maximum absolute atomic E-state index is 14.5. The Labute approximate surface area is 359 Å². The number of imidazole rings is 1. The number of carbonyl (C=O) groups is 6. The Morgan fingerprint density at radius 1 is 0.721 bits per heavy atom. The van der Waals surface area contributed by atoms with E-state index in [2.05, 4.69) is 31.6 Å². The molecule has 5 atom stereocenters. The van der Waals surface area contributed by atoms with Crippen molar-refractivity contribution < 1.29 is 38.2 Å². The zero-order chi connectivity index (χ0) is 44.5. The predicted molar refractivity (Wildman–Crippen MR) is 231 cm³/mol. The zero-order valence-corrected chi connectivity index (χ0v) is 36.7. The molecule has 0 radical (unpaired) electrons. The highest BCUT2D eigenvalue weighted by atomic mass is 16.6.